The molecule has 162 valence electrons. The van der Waals surface area contributed by atoms with Gasteiger partial charge in [-0.3, -0.25) is 19.5 Å². The Kier molecular flexibility index (Phi) is 6.32. The van der Waals surface area contributed by atoms with Crippen molar-refractivity contribution in [2.24, 2.45) is 5.10 Å². The average molecular weight is 568 g/mol. The lowest BCUT2D eigenvalue weighted by Gasteiger charge is -2.48. The molecule has 0 saturated carbocycles. The first-order chi connectivity index (χ1) is 14.9. The lowest BCUT2D eigenvalue weighted by molar-refractivity contribution is -0.130. The van der Waals surface area contributed by atoms with E-state index in [2.05, 4.69) is 37.2 Å². The number of rotatable bonds is 3. The highest BCUT2D eigenvalue weighted by atomic mass is 79.9. The number of methoxy groups -OCH3 is 1. The molecular weight excluding hydrogens is 548 g/mol. The zero-order valence-electron chi connectivity index (χ0n) is 17.1. The minimum atomic E-state index is -0.655. The molecule has 0 spiro atoms. The van der Waals surface area contributed by atoms with Gasteiger partial charge in [-0.1, -0.05) is 36.9 Å². The number of hydrogen-bond donors (Lipinski definition) is 1. The second-order valence-electron chi connectivity index (χ2n) is 6.95. The van der Waals surface area contributed by atoms with Crippen LogP contribution in [-0.2, 0) is 9.59 Å². The topological polar surface area (TPSA) is 74.2 Å². The molecule has 2 atom stereocenters. The van der Waals surface area contributed by atoms with Crippen LogP contribution in [0.3, 0.4) is 0 Å². The quantitative estimate of drug-likeness (QED) is 0.577. The molecule has 0 bridgehead atoms. The molecule has 0 aliphatic carbocycles. The van der Waals surface area contributed by atoms with Crippen LogP contribution in [0, 0.1) is 0 Å². The Hall–Kier alpha value is -2.04. The Labute approximate surface area is 201 Å². The summed E-state index contributed by atoms with van der Waals surface area (Å²) in [6, 6.07) is 10.6. The number of thioether (sulfide) groups is 1. The van der Waals surface area contributed by atoms with Crippen molar-refractivity contribution >= 4 is 66.3 Å². The third-order valence-electron chi connectivity index (χ3n) is 5.22. The summed E-state index contributed by atoms with van der Waals surface area (Å²) in [6.45, 7) is 1.83. The first kappa shape index (κ1) is 22.2. The maximum atomic E-state index is 13.2. The average Bonchev–Trinajstić information content (AvgIpc) is 2.76. The number of nitrogens with one attached hydrogen (secondary N) is 1. The molecule has 2 heterocycles. The highest BCUT2D eigenvalue weighted by molar-refractivity contribution is 9.11. The van der Waals surface area contributed by atoms with E-state index in [1.165, 1.54) is 11.8 Å². The molecule has 0 radical (unpaired) electrons. The van der Waals surface area contributed by atoms with Crippen LogP contribution in [0.5, 0.6) is 5.75 Å². The predicted molar refractivity (Wildman–Crippen MR) is 129 cm³/mol. The van der Waals surface area contributed by atoms with Gasteiger partial charge in [-0.25, -0.2) is 0 Å². The molecule has 1 N–H and O–H groups in total. The summed E-state index contributed by atoms with van der Waals surface area (Å²) in [5.74, 6) is 0.410. The highest BCUT2D eigenvalue weighted by Crippen LogP contribution is 2.48. The summed E-state index contributed by atoms with van der Waals surface area (Å²) >= 11 is 8.47. The minimum Gasteiger partial charge on any atom is -0.494 e. The van der Waals surface area contributed by atoms with Gasteiger partial charge in [0, 0.05) is 12.0 Å². The summed E-state index contributed by atoms with van der Waals surface area (Å²) in [7, 11) is 1.59. The minimum absolute atomic E-state index is 0.0640. The van der Waals surface area contributed by atoms with Crippen molar-refractivity contribution in [3.8, 4) is 5.75 Å². The number of carbonyl (C=O) groups is 2. The number of anilines is 1. The van der Waals surface area contributed by atoms with Crippen LogP contribution < -0.4 is 15.0 Å². The number of benzene rings is 2. The Morgan fingerprint density at radius 2 is 1.94 bits per heavy atom. The highest BCUT2D eigenvalue weighted by Gasteiger charge is 2.47. The number of para-hydroxylation sites is 1. The van der Waals surface area contributed by atoms with Crippen LogP contribution in [0.1, 0.15) is 36.7 Å². The van der Waals surface area contributed by atoms with Crippen molar-refractivity contribution in [3.63, 3.8) is 0 Å². The molecule has 7 nitrogen and oxygen atoms in total. The van der Waals surface area contributed by atoms with Gasteiger partial charge in [-0.05, 0) is 61.9 Å². The van der Waals surface area contributed by atoms with Crippen LogP contribution >= 0.6 is 43.6 Å². The van der Waals surface area contributed by atoms with E-state index in [0.29, 0.717) is 23.0 Å². The summed E-state index contributed by atoms with van der Waals surface area (Å²) in [4.78, 5) is 28.1. The number of fused-ring (bicyclic) bond motifs is 3. The number of halogens is 2. The summed E-state index contributed by atoms with van der Waals surface area (Å²) in [5.41, 5.74) is 2.25. The number of hydrogen-bond acceptors (Lipinski definition) is 6. The molecule has 0 saturated heterocycles. The molecule has 31 heavy (non-hydrogen) atoms. The first-order valence-corrected chi connectivity index (χ1v) is 12.4. The second kappa shape index (κ2) is 8.84. The van der Waals surface area contributed by atoms with E-state index < -0.39 is 12.2 Å². The fraction of sp³-hybridized carbons (Fsp3) is 0.286. The lowest BCUT2D eigenvalue weighted by atomic mass is 9.95. The molecular formula is C21H20Br2N4O3S. The Bertz CT molecular complexity index is 1070. The number of amidine groups is 1. The van der Waals surface area contributed by atoms with Gasteiger partial charge in [0.25, 0.3) is 5.91 Å². The molecule has 2 aliphatic rings. The number of carbonyl (C=O) groups excluding carboxylic acids is 2. The zero-order chi connectivity index (χ0) is 22.3. The van der Waals surface area contributed by atoms with E-state index in [1.54, 1.807) is 17.0 Å². The molecule has 4 rings (SSSR count). The monoisotopic (exact) mass is 566 g/mol. The zero-order valence-corrected chi connectivity index (χ0v) is 21.0. The van der Waals surface area contributed by atoms with Crippen LogP contribution in [0.2, 0.25) is 0 Å². The molecule has 2 aromatic rings. The normalized spacial score (nSPS) is 19.9. The van der Waals surface area contributed by atoms with Crippen LogP contribution in [0.4, 0.5) is 5.69 Å². The lowest BCUT2D eigenvalue weighted by Crippen LogP contribution is -2.55. The van der Waals surface area contributed by atoms with Crippen molar-refractivity contribution in [2.45, 2.75) is 25.6 Å². The Morgan fingerprint density at radius 1 is 1.26 bits per heavy atom. The molecule has 10 heteroatoms. The van der Waals surface area contributed by atoms with Crippen molar-refractivity contribution < 1.29 is 14.3 Å². The van der Waals surface area contributed by atoms with Crippen molar-refractivity contribution in [3.05, 3.63) is 56.5 Å². The number of hydrazone groups is 1. The maximum absolute atomic E-state index is 13.2. The third-order valence-corrected chi connectivity index (χ3v) is 6.97. The fourth-order valence-electron chi connectivity index (χ4n) is 3.91. The molecule has 0 aromatic heterocycles. The SMILES string of the molecule is CCC(=O)N1c2ccccc2C2C(=O)NC(SC)=NN2C1c1cc(Br)c(OC)c(Br)c1. The summed E-state index contributed by atoms with van der Waals surface area (Å²) in [6.07, 6.45) is 1.55. The second-order valence-corrected chi connectivity index (χ2v) is 9.45. The van der Waals surface area contributed by atoms with Crippen LogP contribution in [0.15, 0.2) is 50.4 Å². The number of nitrogens with zero attached hydrogens (tertiary/aromatic N) is 3. The number of ether oxygens (including phenoxy) is 1. The maximum Gasteiger partial charge on any atom is 0.255 e. The van der Waals surface area contributed by atoms with Crippen molar-refractivity contribution in [2.75, 3.05) is 18.3 Å². The molecule has 0 fully saturated rings. The standard InChI is InChI=1S/C21H20Br2N4O3S/c1-4-16(28)26-15-8-6-5-7-12(15)17-19(29)24-21(31-3)25-27(17)20(26)11-9-13(22)18(30-2)14(23)10-11/h5-10,17,20H,4H2,1-3H3,(H,24,25,29). The molecule has 2 unspecified atom stereocenters. The van der Waals surface area contributed by atoms with E-state index in [0.717, 1.165) is 20.1 Å². The summed E-state index contributed by atoms with van der Waals surface area (Å²) < 4.78 is 6.91. The van der Waals surface area contributed by atoms with Gasteiger partial charge >= 0.3 is 0 Å². The van der Waals surface area contributed by atoms with Crippen molar-refractivity contribution in [1.29, 1.82) is 0 Å². The van der Waals surface area contributed by atoms with Gasteiger partial charge in [0.1, 0.15) is 5.75 Å². The van der Waals surface area contributed by atoms with E-state index in [4.69, 9.17) is 9.84 Å². The third kappa shape index (κ3) is 3.74. The fourth-order valence-corrected chi connectivity index (χ4v) is 5.83. The molecule has 2 amide bonds. The van der Waals surface area contributed by atoms with Gasteiger partial charge in [0.2, 0.25) is 5.91 Å². The van der Waals surface area contributed by atoms with E-state index >= 15 is 0 Å². The molecule has 2 aliphatic heterocycles. The van der Waals surface area contributed by atoms with Gasteiger partial charge in [0.15, 0.2) is 17.4 Å². The van der Waals surface area contributed by atoms with E-state index in [9.17, 15) is 9.59 Å². The first-order valence-electron chi connectivity index (χ1n) is 9.57. The van der Waals surface area contributed by atoms with Crippen LogP contribution in [-0.4, -0.2) is 35.4 Å². The smallest absolute Gasteiger partial charge is 0.255 e. The van der Waals surface area contributed by atoms with E-state index in [-0.39, 0.29) is 11.8 Å². The van der Waals surface area contributed by atoms with Gasteiger partial charge < -0.3 is 10.1 Å². The van der Waals surface area contributed by atoms with Crippen molar-refractivity contribution in [1.82, 2.24) is 10.3 Å². The van der Waals surface area contributed by atoms with Crippen LogP contribution in [0.25, 0.3) is 0 Å². The largest absolute Gasteiger partial charge is 0.494 e. The molecule has 2 aromatic carbocycles. The van der Waals surface area contributed by atoms with Gasteiger partial charge in [-0.15, -0.1) is 5.10 Å². The Balaban J connectivity index is 2.00. The predicted octanol–water partition coefficient (Wildman–Crippen LogP) is 4.78. The van der Waals surface area contributed by atoms with Gasteiger partial charge in [-0.2, -0.15) is 0 Å². The van der Waals surface area contributed by atoms with E-state index in [1.807, 2.05) is 49.6 Å². The Morgan fingerprint density at radius 3 is 2.55 bits per heavy atom. The van der Waals surface area contributed by atoms with Gasteiger partial charge in [0.05, 0.1) is 21.7 Å². The number of amides is 2. The summed E-state index contributed by atoms with van der Waals surface area (Å²) in [5, 5.41) is 9.80.